The molecule has 11 heteroatoms. The predicted molar refractivity (Wildman–Crippen MR) is 95.0 cm³/mol. The first-order valence-corrected chi connectivity index (χ1v) is 9.00. The summed E-state index contributed by atoms with van der Waals surface area (Å²) < 4.78 is 53.0. The Morgan fingerprint density at radius 3 is 2.83 bits per heavy atom. The highest BCUT2D eigenvalue weighted by Gasteiger charge is 2.39. The fraction of sp³-hybridized carbons (Fsp3) is 0.389. The molecule has 4 rings (SSSR count). The van der Waals surface area contributed by atoms with Gasteiger partial charge in [-0.1, -0.05) is 0 Å². The molecule has 1 amide bonds. The van der Waals surface area contributed by atoms with Crippen molar-refractivity contribution in [2.24, 2.45) is 5.73 Å². The van der Waals surface area contributed by atoms with Gasteiger partial charge in [-0.15, -0.1) is 10.2 Å². The van der Waals surface area contributed by atoms with Gasteiger partial charge < -0.3 is 20.2 Å². The van der Waals surface area contributed by atoms with E-state index in [4.69, 9.17) is 5.73 Å². The number of aromatic amines is 1. The summed E-state index contributed by atoms with van der Waals surface area (Å²) >= 11 is 0. The minimum absolute atomic E-state index is 0.0217. The fourth-order valence-electron chi connectivity index (χ4n) is 3.62. The molecule has 1 aliphatic heterocycles. The molecule has 0 spiro atoms. The summed E-state index contributed by atoms with van der Waals surface area (Å²) in [6, 6.07) is 3.90. The van der Waals surface area contributed by atoms with Gasteiger partial charge in [0, 0.05) is 42.7 Å². The van der Waals surface area contributed by atoms with Crippen LogP contribution in [-0.2, 0) is 30.5 Å². The summed E-state index contributed by atoms with van der Waals surface area (Å²) in [5, 5.41) is 7.61. The van der Waals surface area contributed by atoms with Gasteiger partial charge in [0.2, 0.25) is 11.7 Å². The maximum Gasteiger partial charge on any atom is 0.451 e. The highest BCUT2D eigenvalue weighted by molar-refractivity contribution is 5.83. The summed E-state index contributed by atoms with van der Waals surface area (Å²) in [5.41, 5.74) is 7.65. The van der Waals surface area contributed by atoms with Crippen LogP contribution in [0.2, 0.25) is 0 Å². The number of fused-ring (bicyclic) bond motifs is 2. The van der Waals surface area contributed by atoms with Gasteiger partial charge in [0.1, 0.15) is 5.82 Å². The van der Waals surface area contributed by atoms with E-state index in [1.807, 2.05) is 0 Å². The number of amides is 1. The van der Waals surface area contributed by atoms with Gasteiger partial charge in [-0.3, -0.25) is 4.79 Å². The number of halogens is 4. The molecule has 2 aromatic heterocycles. The zero-order valence-corrected chi connectivity index (χ0v) is 15.2. The quantitative estimate of drug-likeness (QED) is 0.645. The van der Waals surface area contributed by atoms with Gasteiger partial charge in [0.25, 0.3) is 0 Å². The Balaban J connectivity index is 1.40. The Hall–Kier alpha value is -2.95. The molecule has 3 N–H and O–H groups in total. The fourth-order valence-corrected chi connectivity index (χ4v) is 3.62. The lowest BCUT2D eigenvalue weighted by Crippen LogP contribution is -2.42. The van der Waals surface area contributed by atoms with Crippen LogP contribution in [0, 0.1) is 5.82 Å². The minimum atomic E-state index is -4.58. The maximum absolute atomic E-state index is 13.3. The van der Waals surface area contributed by atoms with E-state index in [2.05, 4.69) is 15.2 Å². The summed E-state index contributed by atoms with van der Waals surface area (Å²) in [4.78, 5) is 17.0. The third-order valence-corrected chi connectivity index (χ3v) is 5.01. The number of rotatable bonds is 4. The lowest BCUT2D eigenvalue weighted by Gasteiger charge is -2.29. The minimum Gasteiger partial charge on any atom is -0.361 e. The smallest absolute Gasteiger partial charge is 0.361 e. The molecular formula is C18H18F4N6O. The highest BCUT2D eigenvalue weighted by atomic mass is 19.4. The van der Waals surface area contributed by atoms with Gasteiger partial charge in [0.15, 0.2) is 5.82 Å². The first kappa shape index (κ1) is 19.4. The molecule has 0 radical (unpaired) electrons. The van der Waals surface area contributed by atoms with Gasteiger partial charge in [0.05, 0.1) is 6.54 Å². The van der Waals surface area contributed by atoms with Gasteiger partial charge in [-0.2, -0.15) is 13.2 Å². The lowest BCUT2D eigenvalue weighted by atomic mass is 10.0. The second kappa shape index (κ2) is 7.14. The average molecular weight is 410 g/mol. The SMILES string of the molecule is NC(CC(=O)N1CCn2c(nnc2C(F)(F)F)C1)Cc1c[nH]c2cc(F)ccc12. The van der Waals surface area contributed by atoms with E-state index in [-0.39, 0.29) is 43.6 Å². The number of carbonyl (C=O) groups excluding carboxylic acids is 1. The number of alkyl halides is 3. The number of H-pyrrole nitrogens is 1. The molecule has 1 aliphatic rings. The van der Waals surface area contributed by atoms with Crippen LogP contribution in [0.3, 0.4) is 0 Å². The molecule has 7 nitrogen and oxygen atoms in total. The van der Waals surface area contributed by atoms with E-state index in [9.17, 15) is 22.4 Å². The molecular weight excluding hydrogens is 392 g/mol. The van der Waals surface area contributed by atoms with E-state index < -0.39 is 18.0 Å². The maximum atomic E-state index is 13.3. The van der Waals surface area contributed by atoms with Crippen molar-refractivity contribution < 1.29 is 22.4 Å². The molecule has 0 aliphatic carbocycles. The van der Waals surface area contributed by atoms with Crippen LogP contribution in [0.5, 0.6) is 0 Å². The van der Waals surface area contributed by atoms with Crippen molar-refractivity contribution in [3.63, 3.8) is 0 Å². The van der Waals surface area contributed by atoms with E-state index in [1.54, 1.807) is 12.3 Å². The number of nitrogens with one attached hydrogen (secondary N) is 1. The Bertz CT molecular complexity index is 1060. The number of hydrogen-bond acceptors (Lipinski definition) is 4. The van der Waals surface area contributed by atoms with E-state index >= 15 is 0 Å². The Labute approximate surface area is 162 Å². The molecule has 0 saturated heterocycles. The number of aromatic nitrogens is 4. The summed E-state index contributed by atoms with van der Waals surface area (Å²) in [6.45, 7) is 0.0686. The van der Waals surface area contributed by atoms with Crippen molar-refractivity contribution in [1.29, 1.82) is 0 Å². The van der Waals surface area contributed by atoms with Crippen molar-refractivity contribution in [2.45, 2.75) is 38.1 Å². The molecule has 1 unspecified atom stereocenters. The van der Waals surface area contributed by atoms with Crippen molar-refractivity contribution in [3.05, 3.63) is 47.4 Å². The van der Waals surface area contributed by atoms with Crippen LogP contribution < -0.4 is 5.73 Å². The van der Waals surface area contributed by atoms with Crippen LogP contribution in [0.15, 0.2) is 24.4 Å². The van der Waals surface area contributed by atoms with Crippen LogP contribution in [0.1, 0.15) is 23.6 Å². The Morgan fingerprint density at radius 2 is 2.07 bits per heavy atom. The second-order valence-corrected chi connectivity index (χ2v) is 7.08. The van der Waals surface area contributed by atoms with Gasteiger partial charge in [-0.05, 0) is 30.2 Å². The molecule has 0 fully saturated rings. The number of benzene rings is 1. The van der Waals surface area contributed by atoms with Crippen molar-refractivity contribution in [1.82, 2.24) is 24.6 Å². The zero-order valence-electron chi connectivity index (χ0n) is 15.2. The molecule has 1 aromatic carbocycles. The van der Waals surface area contributed by atoms with E-state index in [1.165, 1.54) is 17.0 Å². The number of nitrogens with two attached hydrogens (primary N) is 1. The molecule has 0 bridgehead atoms. The molecule has 154 valence electrons. The van der Waals surface area contributed by atoms with E-state index in [0.717, 1.165) is 15.5 Å². The molecule has 0 saturated carbocycles. The first-order chi connectivity index (χ1) is 13.7. The van der Waals surface area contributed by atoms with E-state index in [0.29, 0.717) is 11.9 Å². The first-order valence-electron chi connectivity index (χ1n) is 9.00. The summed E-state index contributed by atoms with van der Waals surface area (Å²) in [5.74, 6) is -1.56. The zero-order chi connectivity index (χ0) is 20.8. The lowest BCUT2D eigenvalue weighted by molar-refractivity contribution is -0.148. The normalized spacial score (nSPS) is 15.6. The van der Waals surface area contributed by atoms with Crippen LogP contribution in [0.25, 0.3) is 10.9 Å². The number of nitrogens with zero attached hydrogens (tertiary/aromatic N) is 4. The average Bonchev–Trinajstić information content (AvgIpc) is 3.24. The van der Waals surface area contributed by atoms with Crippen molar-refractivity contribution in [3.8, 4) is 0 Å². The Kier molecular flexibility index (Phi) is 4.77. The number of hydrogen-bond donors (Lipinski definition) is 2. The second-order valence-electron chi connectivity index (χ2n) is 7.08. The molecule has 3 heterocycles. The van der Waals surface area contributed by atoms with Gasteiger partial charge in [-0.25, -0.2) is 4.39 Å². The van der Waals surface area contributed by atoms with Crippen molar-refractivity contribution in [2.75, 3.05) is 6.54 Å². The van der Waals surface area contributed by atoms with Crippen LogP contribution in [-0.4, -0.2) is 43.1 Å². The largest absolute Gasteiger partial charge is 0.451 e. The summed E-state index contributed by atoms with van der Waals surface area (Å²) in [6.07, 6.45) is -2.41. The number of carbonyl (C=O) groups is 1. The van der Waals surface area contributed by atoms with Gasteiger partial charge >= 0.3 is 6.18 Å². The monoisotopic (exact) mass is 410 g/mol. The third-order valence-electron chi connectivity index (χ3n) is 5.01. The highest BCUT2D eigenvalue weighted by Crippen LogP contribution is 2.29. The topological polar surface area (TPSA) is 92.8 Å². The molecule has 3 aromatic rings. The van der Waals surface area contributed by atoms with Crippen LogP contribution >= 0.6 is 0 Å². The molecule has 1 atom stereocenters. The summed E-state index contributed by atoms with van der Waals surface area (Å²) in [7, 11) is 0. The standard InChI is InChI=1S/C18H18F4N6O/c19-11-1-2-13-10(8-24-14(13)6-11)5-12(23)7-16(29)27-3-4-28-15(9-27)25-26-17(28)18(20,21)22/h1-2,6,8,12,24H,3-5,7,9,23H2. The third kappa shape index (κ3) is 3.82. The van der Waals surface area contributed by atoms with Crippen molar-refractivity contribution >= 4 is 16.8 Å². The predicted octanol–water partition coefficient (Wildman–Crippen LogP) is 2.22. The Morgan fingerprint density at radius 1 is 1.28 bits per heavy atom. The molecule has 29 heavy (non-hydrogen) atoms. The van der Waals surface area contributed by atoms with Crippen LogP contribution in [0.4, 0.5) is 17.6 Å².